The zero-order valence-corrected chi connectivity index (χ0v) is 10.9. The maximum Gasteiger partial charge on any atom is 0.0113 e. The van der Waals surface area contributed by atoms with Crippen LogP contribution in [0.3, 0.4) is 0 Å². The minimum absolute atomic E-state index is 0.820. The molecule has 16 heavy (non-hydrogen) atoms. The summed E-state index contributed by atoms with van der Waals surface area (Å²) in [4.78, 5) is 5.07. The molecule has 0 aliphatic carbocycles. The number of likely N-dealkylation sites (tertiary alicyclic amines) is 1. The van der Waals surface area contributed by atoms with Crippen molar-refractivity contribution >= 4 is 0 Å². The highest BCUT2D eigenvalue weighted by atomic mass is 15.2. The summed E-state index contributed by atoms with van der Waals surface area (Å²) in [7, 11) is 4.43. The third-order valence-corrected chi connectivity index (χ3v) is 4.20. The first kappa shape index (κ1) is 12.3. The molecule has 0 amide bonds. The number of hydrogen-bond donors (Lipinski definition) is 1. The molecular formula is C13H27N3. The summed E-state index contributed by atoms with van der Waals surface area (Å²) in [5.74, 6) is 0.907. The van der Waals surface area contributed by atoms with Crippen molar-refractivity contribution in [3.05, 3.63) is 0 Å². The molecule has 2 aliphatic rings. The lowest BCUT2D eigenvalue weighted by molar-refractivity contribution is 0.124. The molecule has 2 rings (SSSR count). The molecule has 0 aromatic heterocycles. The minimum atomic E-state index is 0.820. The fourth-order valence-corrected chi connectivity index (χ4v) is 3.06. The molecule has 2 saturated heterocycles. The van der Waals surface area contributed by atoms with Crippen molar-refractivity contribution in [1.29, 1.82) is 0 Å². The molecule has 1 N–H and O–H groups in total. The van der Waals surface area contributed by atoms with Crippen LogP contribution in [0.1, 0.15) is 25.7 Å². The van der Waals surface area contributed by atoms with E-state index in [1.807, 2.05) is 0 Å². The van der Waals surface area contributed by atoms with Gasteiger partial charge in [0.1, 0.15) is 0 Å². The normalized spacial score (nSPS) is 29.8. The minimum Gasteiger partial charge on any atom is -0.316 e. The molecule has 3 nitrogen and oxygen atoms in total. The molecule has 94 valence electrons. The van der Waals surface area contributed by atoms with Gasteiger partial charge in [-0.05, 0) is 71.9 Å². The molecule has 0 aromatic carbocycles. The first-order chi connectivity index (χ1) is 7.75. The number of rotatable bonds is 3. The summed E-state index contributed by atoms with van der Waals surface area (Å²) < 4.78 is 0. The molecule has 3 heteroatoms. The van der Waals surface area contributed by atoms with Gasteiger partial charge in [0.25, 0.3) is 0 Å². The van der Waals surface area contributed by atoms with Crippen molar-refractivity contribution in [3.63, 3.8) is 0 Å². The van der Waals surface area contributed by atoms with Crippen molar-refractivity contribution in [2.45, 2.75) is 31.7 Å². The third kappa shape index (κ3) is 3.44. The summed E-state index contributed by atoms with van der Waals surface area (Å²) in [6.07, 6.45) is 5.51. The second kappa shape index (κ2) is 5.99. The van der Waals surface area contributed by atoms with Gasteiger partial charge in [0.05, 0.1) is 0 Å². The van der Waals surface area contributed by atoms with E-state index in [1.165, 1.54) is 58.4 Å². The smallest absolute Gasteiger partial charge is 0.0113 e. The molecular weight excluding hydrogens is 198 g/mol. The Kier molecular flexibility index (Phi) is 4.62. The van der Waals surface area contributed by atoms with Crippen LogP contribution in [-0.4, -0.2) is 62.7 Å². The van der Waals surface area contributed by atoms with Crippen LogP contribution in [0.4, 0.5) is 0 Å². The van der Waals surface area contributed by atoms with Gasteiger partial charge in [-0.15, -0.1) is 0 Å². The summed E-state index contributed by atoms with van der Waals surface area (Å²) >= 11 is 0. The Hall–Kier alpha value is -0.120. The van der Waals surface area contributed by atoms with E-state index < -0.39 is 0 Å². The van der Waals surface area contributed by atoms with Gasteiger partial charge in [-0.1, -0.05) is 0 Å². The molecule has 0 aromatic rings. The van der Waals surface area contributed by atoms with Gasteiger partial charge in [0.15, 0.2) is 0 Å². The van der Waals surface area contributed by atoms with E-state index in [-0.39, 0.29) is 0 Å². The van der Waals surface area contributed by atoms with Gasteiger partial charge in [0, 0.05) is 12.6 Å². The lowest BCUT2D eigenvalue weighted by Crippen LogP contribution is -2.45. The number of nitrogens with one attached hydrogen (secondary N) is 1. The molecule has 0 bridgehead atoms. The van der Waals surface area contributed by atoms with Gasteiger partial charge in [-0.25, -0.2) is 0 Å². The Bertz CT molecular complexity index is 191. The largest absolute Gasteiger partial charge is 0.316 e. The van der Waals surface area contributed by atoms with Gasteiger partial charge in [0.2, 0.25) is 0 Å². The van der Waals surface area contributed by atoms with Crippen LogP contribution in [0, 0.1) is 5.92 Å². The molecule has 2 fully saturated rings. The maximum atomic E-state index is 3.52. The fourth-order valence-electron chi connectivity index (χ4n) is 3.06. The van der Waals surface area contributed by atoms with Crippen LogP contribution >= 0.6 is 0 Å². The summed E-state index contributed by atoms with van der Waals surface area (Å²) in [5, 5.41) is 3.52. The third-order valence-electron chi connectivity index (χ3n) is 4.20. The fraction of sp³-hybridized carbons (Fsp3) is 1.00. The lowest BCUT2D eigenvalue weighted by atomic mass is 9.97. The van der Waals surface area contributed by atoms with Gasteiger partial charge in [-0.2, -0.15) is 0 Å². The molecule has 0 spiro atoms. The summed E-state index contributed by atoms with van der Waals surface area (Å²) in [5.41, 5.74) is 0. The van der Waals surface area contributed by atoms with Crippen LogP contribution in [0.25, 0.3) is 0 Å². The first-order valence-corrected chi connectivity index (χ1v) is 6.85. The maximum absolute atomic E-state index is 3.52. The average Bonchev–Trinajstić information content (AvgIpc) is 2.31. The Labute approximate surface area is 100 Å². The standard InChI is InChI=1S/C13H27N3/c1-15(2)13-5-8-16(9-6-13)11-12-4-3-7-14-10-12/h12-14H,3-11H2,1-2H3. The van der Waals surface area contributed by atoms with E-state index in [0.29, 0.717) is 0 Å². The highest BCUT2D eigenvalue weighted by Gasteiger charge is 2.23. The van der Waals surface area contributed by atoms with E-state index >= 15 is 0 Å². The van der Waals surface area contributed by atoms with Crippen molar-refractivity contribution in [2.24, 2.45) is 5.92 Å². The van der Waals surface area contributed by atoms with Crippen LogP contribution in [-0.2, 0) is 0 Å². The monoisotopic (exact) mass is 225 g/mol. The lowest BCUT2D eigenvalue weighted by Gasteiger charge is -2.37. The van der Waals surface area contributed by atoms with Crippen molar-refractivity contribution in [1.82, 2.24) is 15.1 Å². The summed E-state index contributed by atoms with van der Waals surface area (Å²) in [6.45, 7) is 6.42. The second-order valence-corrected chi connectivity index (χ2v) is 5.71. The van der Waals surface area contributed by atoms with E-state index in [9.17, 15) is 0 Å². The van der Waals surface area contributed by atoms with Crippen molar-refractivity contribution in [2.75, 3.05) is 46.8 Å². The zero-order chi connectivity index (χ0) is 11.4. The Morgan fingerprint density at radius 1 is 1.19 bits per heavy atom. The Balaban J connectivity index is 1.68. The molecule has 2 heterocycles. The average molecular weight is 225 g/mol. The Morgan fingerprint density at radius 3 is 2.50 bits per heavy atom. The molecule has 0 radical (unpaired) electrons. The topological polar surface area (TPSA) is 18.5 Å². The van der Waals surface area contributed by atoms with Crippen LogP contribution in [0.5, 0.6) is 0 Å². The van der Waals surface area contributed by atoms with E-state index in [2.05, 4.69) is 29.2 Å². The molecule has 1 unspecified atom stereocenters. The second-order valence-electron chi connectivity index (χ2n) is 5.71. The summed E-state index contributed by atoms with van der Waals surface area (Å²) in [6, 6.07) is 0.820. The molecule has 2 aliphatic heterocycles. The SMILES string of the molecule is CN(C)C1CCN(CC2CCCNC2)CC1. The van der Waals surface area contributed by atoms with Crippen LogP contribution in [0.2, 0.25) is 0 Å². The highest BCUT2D eigenvalue weighted by Crippen LogP contribution is 2.18. The van der Waals surface area contributed by atoms with Gasteiger partial charge < -0.3 is 15.1 Å². The molecule has 0 saturated carbocycles. The predicted molar refractivity (Wildman–Crippen MR) is 68.7 cm³/mol. The van der Waals surface area contributed by atoms with Crippen LogP contribution in [0.15, 0.2) is 0 Å². The number of nitrogens with zero attached hydrogens (tertiary/aromatic N) is 2. The van der Waals surface area contributed by atoms with Gasteiger partial charge in [-0.3, -0.25) is 0 Å². The first-order valence-electron chi connectivity index (χ1n) is 6.85. The van der Waals surface area contributed by atoms with E-state index in [0.717, 1.165) is 12.0 Å². The van der Waals surface area contributed by atoms with Crippen LogP contribution < -0.4 is 5.32 Å². The number of hydrogen-bond acceptors (Lipinski definition) is 3. The van der Waals surface area contributed by atoms with E-state index in [1.54, 1.807) is 0 Å². The van der Waals surface area contributed by atoms with Gasteiger partial charge >= 0.3 is 0 Å². The van der Waals surface area contributed by atoms with Crippen molar-refractivity contribution in [3.8, 4) is 0 Å². The predicted octanol–water partition coefficient (Wildman–Crippen LogP) is 1.01. The van der Waals surface area contributed by atoms with Crippen molar-refractivity contribution < 1.29 is 0 Å². The zero-order valence-electron chi connectivity index (χ0n) is 10.9. The molecule has 1 atom stereocenters. The highest BCUT2D eigenvalue weighted by molar-refractivity contribution is 4.80. The Morgan fingerprint density at radius 2 is 1.94 bits per heavy atom. The van der Waals surface area contributed by atoms with E-state index in [4.69, 9.17) is 0 Å². The quantitative estimate of drug-likeness (QED) is 0.773. The number of piperidine rings is 2.